The van der Waals surface area contributed by atoms with Crippen LogP contribution in [0.1, 0.15) is 25.5 Å². The maximum atomic E-state index is 14.0. The topological polar surface area (TPSA) is 29.3 Å². The second-order valence-corrected chi connectivity index (χ2v) is 4.54. The molecule has 0 aliphatic rings. The molecule has 0 aliphatic carbocycles. The van der Waals surface area contributed by atoms with E-state index in [1.54, 1.807) is 13.0 Å². The molecule has 19 heavy (non-hydrogen) atoms. The number of nitrogens with two attached hydrogens (primary N) is 1. The molecule has 2 N–H and O–H groups in total. The molecule has 0 saturated heterocycles. The van der Waals surface area contributed by atoms with E-state index in [4.69, 9.17) is 5.73 Å². The van der Waals surface area contributed by atoms with Gasteiger partial charge in [-0.05, 0) is 38.1 Å². The number of para-hydroxylation sites is 1. The summed E-state index contributed by atoms with van der Waals surface area (Å²) in [6.07, 6.45) is 0. The Morgan fingerprint density at radius 2 is 1.79 bits per heavy atom. The van der Waals surface area contributed by atoms with Crippen molar-refractivity contribution in [2.24, 2.45) is 5.73 Å². The minimum atomic E-state index is -0.339. The van der Waals surface area contributed by atoms with E-state index < -0.39 is 0 Å². The van der Waals surface area contributed by atoms with Gasteiger partial charge in [0.15, 0.2) is 0 Å². The lowest BCUT2D eigenvalue weighted by Gasteiger charge is -2.27. The van der Waals surface area contributed by atoms with Crippen LogP contribution in [-0.2, 0) is 0 Å². The lowest BCUT2D eigenvalue weighted by atomic mass is 10.0. The van der Waals surface area contributed by atoms with Crippen molar-refractivity contribution < 1.29 is 4.39 Å². The summed E-state index contributed by atoms with van der Waals surface area (Å²) in [5.74, 6) is -0.248. The predicted molar refractivity (Wildman–Crippen MR) is 78.1 cm³/mol. The molecule has 0 bridgehead atoms. The molecule has 0 saturated carbocycles. The molecule has 0 heterocycles. The molecule has 0 amide bonds. The molecule has 2 aromatic carbocycles. The zero-order chi connectivity index (χ0) is 13.8. The molecule has 0 spiro atoms. The van der Waals surface area contributed by atoms with Crippen LogP contribution in [-0.4, -0.2) is 6.54 Å². The van der Waals surface area contributed by atoms with Crippen LogP contribution in [0.5, 0.6) is 0 Å². The Hall–Kier alpha value is -1.87. The van der Waals surface area contributed by atoms with Crippen LogP contribution < -0.4 is 10.6 Å². The fourth-order valence-corrected chi connectivity index (χ4v) is 2.31. The van der Waals surface area contributed by atoms with E-state index in [1.165, 1.54) is 6.07 Å². The lowest BCUT2D eigenvalue weighted by Crippen LogP contribution is -2.20. The molecule has 1 unspecified atom stereocenters. The average molecular weight is 258 g/mol. The van der Waals surface area contributed by atoms with Crippen LogP contribution in [0.4, 0.5) is 15.8 Å². The van der Waals surface area contributed by atoms with Crippen molar-refractivity contribution in [2.75, 3.05) is 11.4 Å². The zero-order valence-corrected chi connectivity index (χ0v) is 11.3. The first-order valence-electron chi connectivity index (χ1n) is 6.51. The number of nitrogens with zero attached hydrogens (tertiary/aromatic N) is 1. The summed E-state index contributed by atoms with van der Waals surface area (Å²) in [5, 5.41) is 0. The van der Waals surface area contributed by atoms with Gasteiger partial charge in [0.2, 0.25) is 0 Å². The summed E-state index contributed by atoms with van der Waals surface area (Å²) in [5.41, 5.74) is 8.36. The Balaban J connectivity index is 2.53. The summed E-state index contributed by atoms with van der Waals surface area (Å²) >= 11 is 0. The molecular weight excluding hydrogens is 239 g/mol. The molecule has 0 fully saturated rings. The van der Waals surface area contributed by atoms with Gasteiger partial charge in [0.1, 0.15) is 5.82 Å². The molecule has 0 radical (unpaired) electrons. The molecule has 0 aliphatic heterocycles. The van der Waals surface area contributed by atoms with E-state index in [-0.39, 0.29) is 11.9 Å². The molecular formula is C16H19FN2. The van der Waals surface area contributed by atoms with Crippen molar-refractivity contribution in [3.05, 3.63) is 59.9 Å². The lowest BCUT2D eigenvalue weighted by molar-refractivity contribution is 0.593. The van der Waals surface area contributed by atoms with Crippen LogP contribution in [0.15, 0.2) is 48.5 Å². The second-order valence-electron chi connectivity index (χ2n) is 4.54. The van der Waals surface area contributed by atoms with Gasteiger partial charge in [-0.2, -0.15) is 0 Å². The molecule has 3 heteroatoms. The minimum absolute atomic E-state index is 0.248. The van der Waals surface area contributed by atoms with Crippen LogP contribution in [0.25, 0.3) is 0 Å². The first-order valence-corrected chi connectivity index (χ1v) is 6.51. The van der Waals surface area contributed by atoms with Crippen molar-refractivity contribution in [3.63, 3.8) is 0 Å². The Morgan fingerprint density at radius 3 is 2.37 bits per heavy atom. The van der Waals surface area contributed by atoms with E-state index in [0.29, 0.717) is 5.56 Å². The largest absolute Gasteiger partial charge is 0.341 e. The predicted octanol–water partition coefficient (Wildman–Crippen LogP) is 4.00. The molecule has 100 valence electrons. The van der Waals surface area contributed by atoms with Crippen LogP contribution in [0, 0.1) is 5.82 Å². The number of benzene rings is 2. The summed E-state index contributed by atoms with van der Waals surface area (Å²) in [4.78, 5) is 2.07. The van der Waals surface area contributed by atoms with Gasteiger partial charge in [-0.15, -0.1) is 0 Å². The number of halogens is 1. The van der Waals surface area contributed by atoms with Crippen molar-refractivity contribution in [2.45, 2.75) is 19.9 Å². The number of anilines is 2. The van der Waals surface area contributed by atoms with Gasteiger partial charge in [-0.1, -0.05) is 24.3 Å². The van der Waals surface area contributed by atoms with E-state index >= 15 is 0 Å². The van der Waals surface area contributed by atoms with E-state index in [0.717, 1.165) is 17.9 Å². The van der Waals surface area contributed by atoms with E-state index in [1.807, 2.05) is 43.3 Å². The highest BCUT2D eigenvalue weighted by Gasteiger charge is 2.17. The van der Waals surface area contributed by atoms with E-state index in [2.05, 4.69) is 4.90 Å². The third-order valence-electron chi connectivity index (χ3n) is 3.16. The highest BCUT2D eigenvalue weighted by Crippen LogP contribution is 2.32. The van der Waals surface area contributed by atoms with Gasteiger partial charge < -0.3 is 10.6 Å². The number of hydrogen-bond donors (Lipinski definition) is 1. The molecule has 2 aromatic rings. The molecule has 0 aromatic heterocycles. The molecule has 1 atom stereocenters. The Morgan fingerprint density at radius 1 is 1.11 bits per heavy atom. The second kappa shape index (κ2) is 5.85. The summed E-state index contributed by atoms with van der Waals surface area (Å²) in [6.45, 7) is 4.61. The molecule has 2 nitrogen and oxygen atoms in total. The number of rotatable bonds is 4. The smallest absolute Gasteiger partial charge is 0.130 e. The van der Waals surface area contributed by atoms with Crippen LogP contribution in [0.2, 0.25) is 0 Å². The van der Waals surface area contributed by atoms with Crippen molar-refractivity contribution in [3.8, 4) is 0 Å². The van der Waals surface area contributed by atoms with Gasteiger partial charge in [0.25, 0.3) is 0 Å². The normalized spacial score (nSPS) is 12.2. The monoisotopic (exact) mass is 258 g/mol. The van der Waals surface area contributed by atoms with Gasteiger partial charge >= 0.3 is 0 Å². The average Bonchev–Trinajstić information content (AvgIpc) is 2.40. The van der Waals surface area contributed by atoms with Crippen LogP contribution >= 0.6 is 0 Å². The molecule has 2 rings (SSSR count). The van der Waals surface area contributed by atoms with Gasteiger partial charge in [0, 0.05) is 29.5 Å². The van der Waals surface area contributed by atoms with Crippen molar-refractivity contribution in [1.82, 2.24) is 0 Å². The maximum Gasteiger partial charge on any atom is 0.130 e. The van der Waals surface area contributed by atoms with Gasteiger partial charge in [0.05, 0.1) is 0 Å². The standard InChI is InChI=1S/C16H19FN2/c1-3-19(13-8-5-4-6-9-13)15-11-7-10-14(17)16(15)12(2)18/h4-12H,3,18H2,1-2H3. The maximum absolute atomic E-state index is 14.0. The fraction of sp³-hybridized carbons (Fsp3) is 0.250. The first kappa shape index (κ1) is 13.6. The Bertz CT molecular complexity index is 538. The first-order chi connectivity index (χ1) is 9.15. The third-order valence-corrected chi connectivity index (χ3v) is 3.16. The fourth-order valence-electron chi connectivity index (χ4n) is 2.31. The Kier molecular flexibility index (Phi) is 4.17. The third kappa shape index (κ3) is 2.76. The summed E-state index contributed by atoms with van der Waals surface area (Å²) in [6, 6.07) is 14.7. The SMILES string of the molecule is CCN(c1ccccc1)c1cccc(F)c1C(C)N. The van der Waals surface area contributed by atoms with Gasteiger partial charge in [-0.3, -0.25) is 0 Å². The quantitative estimate of drug-likeness (QED) is 0.898. The highest BCUT2D eigenvalue weighted by atomic mass is 19.1. The van der Waals surface area contributed by atoms with Gasteiger partial charge in [-0.25, -0.2) is 4.39 Å². The number of hydrogen-bond acceptors (Lipinski definition) is 2. The highest BCUT2D eigenvalue weighted by molar-refractivity contribution is 5.67. The minimum Gasteiger partial charge on any atom is -0.341 e. The van der Waals surface area contributed by atoms with E-state index in [9.17, 15) is 4.39 Å². The van der Waals surface area contributed by atoms with Crippen molar-refractivity contribution >= 4 is 11.4 Å². The van der Waals surface area contributed by atoms with Crippen LogP contribution in [0.3, 0.4) is 0 Å². The van der Waals surface area contributed by atoms with Crippen molar-refractivity contribution in [1.29, 1.82) is 0 Å². The zero-order valence-electron chi connectivity index (χ0n) is 11.3. The Labute approximate surface area is 113 Å². The summed E-state index contributed by atoms with van der Waals surface area (Å²) in [7, 11) is 0. The summed E-state index contributed by atoms with van der Waals surface area (Å²) < 4.78 is 14.0.